The molecule has 0 atom stereocenters. The van der Waals surface area contributed by atoms with Crippen molar-refractivity contribution < 1.29 is 4.79 Å². The standard InChI is InChI=1S/C11H14N6O.ClH/c1-12-6-9-4-2-3-5-10(9)14-11(18)7-17-8-13-15-16-17;/h2-5,8,12H,6-7H2,1H3,(H,14,18);1H. The van der Waals surface area contributed by atoms with Crippen LogP contribution in [0.5, 0.6) is 0 Å². The zero-order valence-electron chi connectivity index (χ0n) is 10.4. The number of hydrogen-bond donors (Lipinski definition) is 2. The molecule has 102 valence electrons. The van der Waals surface area contributed by atoms with Crippen LogP contribution in [0.4, 0.5) is 5.69 Å². The van der Waals surface area contributed by atoms with Gasteiger partial charge in [-0.3, -0.25) is 4.79 Å². The molecule has 19 heavy (non-hydrogen) atoms. The Bertz CT molecular complexity index is 516. The van der Waals surface area contributed by atoms with Gasteiger partial charge < -0.3 is 10.6 Å². The summed E-state index contributed by atoms with van der Waals surface area (Å²) >= 11 is 0. The predicted octanol–water partition coefficient (Wildman–Crippen LogP) is 0.453. The molecule has 0 unspecified atom stereocenters. The molecule has 0 saturated carbocycles. The molecule has 1 heterocycles. The molecule has 2 rings (SSSR count). The summed E-state index contributed by atoms with van der Waals surface area (Å²) in [5.74, 6) is -0.161. The van der Waals surface area contributed by atoms with Gasteiger partial charge >= 0.3 is 0 Å². The van der Waals surface area contributed by atoms with E-state index in [-0.39, 0.29) is 24.9 Å². The van der Waals surface area contributed by atoms with E-state index in [0.717, 1.165) is 11.3 Å². The summed E-state index contributed by atoms with van der Waals surface area (Å²) in [4.78, 5) is 11.8. The maximum atomic E-state index is 11.8. The first-order valence-electron chi connectivity index (χ1n) is 5.52. The van der Waals surface area contributed by atoms with Crippen molar-refractivity contribution in [3.05, 3.63) is 36.2 Å². The lowest BCUT2D eigenvalue weighted by atomic mass is 10.2. The molecule has 1 aromatic carbocycles. The van der Waals surface area contributed by atoms with E-state index in [9.17, 15) is 4.79 Å². The highest BCUT2D eigenvalue weighted by Gasteiger charge is 2.07. The maximum absolute atomic E-state index is 11.8. The summed E-state index contributed by atoms with van der Waals surface area (Å²) < 4.78 is 1.37. The zero-order chi connectivity index (χ0) is 12.8. The summed E-state index contributed by atoms with van der Waals surface area (Å²) in [5, 5.41) is 16.5. The molecule has 0 spiro atoms. The number of carbonyl (C=O) groups is 1. The Kier molecular flexibility index (Phi) is 5.91. The minimum atomic E-state index is -0.161. The number of nitrogens with zero attached hydrogens (tertiary/aromatic N) is 4. The second kappa shape index (κ2) is 7.45. The fraction of sp³-hybridized carbons (Fsp3) is 0.273. The van der Waals surface area contributed by atoms with Gasteiger partial charge in [-0.05, 0) is 29.1 Å². The van der Waals surface area contributed by atoms with E-state index in [4.69, 9.17) is 0 Å². The highest BCUT2D eigenvalue weighted by molar-refractivity contribution is 5.91. The topological polar surface area (TPSA) is 84.7 Å². The Hall–Kier alpha value is -1.99. The Morgan fingerprint density at radius 1 is 1.37 bits per heavy atom. The van der Waals surface area contributed by atoms with Crippen molar-refractivity contribution in [3.8, 4) is 0 Å². The fourth-order valence-corrected chi connectivity index (χ4v) is 1.58. The third kappa shape index (κ3) is 4.31. The predicted molar refractivity (Wildman–Crippen MR) is 72.9 cm³/mol. The number of anilines is 1. The van der Waals surface area contributed by atoms with Crippen LogP contribution in [0.1, 0.15) is 5.56 Å². The summed E-state index contributed by atoms with van der Waals surface area (Å²) in [6.45, 7) is 0.794. The molecule has 1 aromatic heterocycles. The number of tetrazole rings is 1. The number of nitrogens with one attached hydrogen (secondary N) is 2. The molecule has 0 bridgehead atoms. The Morgan fingerprint density at radius 3 is 2.84 bits per heavy atom. The third-order valence-electron chi connectivity index (χ3n) is 2.36. The quantitative estimate of drug-likeness (QED) is 0.832. The van der Waals surface area contributed by atoms with Gasteiger partial charge in [0.2, 0.25) is 5.91 Å². The molecule has 0 aliphatic heterocycles. The summed E-state index contributed by atoms with van der Waals surface area (Å²) in [5.41, 5.74) is 1.83. The molecule has 0 fully saturated rings. The van der Waals surface area contributed by atoms with Gasteiger partial charge in [0.1, 0.15) is 12.9 Å². The second-order valence-corrected chi connectivity index (χ2v) is 3.74. The van der Waals surface area contributed by atoms with Crippen LogP contribution in [0, 0.1) is 0 Å². The molecule has 0 aliphatic carbocycles. The normalized spacial score (nSPS) is 9.74. The summed E-state index contributed by atoms with van der Waals surface area (Å²) in [6, 6.07) is 7.64. The van der Waals surface area contributed by atoms with Crippen LogP contribution in [0.15, 0.2) is 30.6 Å². The molecule has 8 heteroatoms. The Labute approximate surface area is 116 Å². The first-order valence-corrected chi connectivity index (χ1v) is 5.52. The van der Waals surface area contributed by atoms with E-state index in [1.54, 1.807) is 0 Å². The van der Waals surface area contributed by atoms with Gasteiger partial charge in [0, 0.05) is 12.2 Å². The van der Waals surface area contributed by atoms with Gasteiger partial charge in [-0.15, -0.1) is 17.5 Å². The average Bonchev–Trinajstić information content (AvgIpc) is 2.84. The molecule has 2 N–H and O–H groups in total. The van der Waals surface area contributed by atoms with Crippen molar-refractivity contribution >= 4 is 24.0 Å². The SMILES string of the molecule is CNCc1ccccc1NC(=O)Cn1cnnn1.Cl. The number of hydrogen-bond acceptors (Lipinski definition) is 5. The molecule has 0 radical (unpaired) electrons. The minimum absolute atomic E-state index is 0. The monoisotopic (exact) mass is 282 g/mol. The van der Waals surface area contributed by atoms with Crippen molar-refractivity contribution in [2.24, 2.45) is 0 Å². The first kappa shape index (κ1) is 15.1. The van der Waals surface area contributed by atoms with E-state index in [1.807, 2.05) is 31.3 Å². The van der Waals surface area contributed by atoms with Crippen molar-refractivity contribution in [2.45, 2.75) is 13.1 Å². The van der Waals surface area contributed by atoms with Gasteiger partial charge in [0.05, 0.1) is 0 Å². The number of amides is 1. The third-order valence-corrected chi connectivity index (χ3v) is 2.36. The lowest BCUT2D eigenvalue weighted by Gasteiger charge is -2.10. The second-order valence-electron chi connectivity index (χ2n) is 3.74. The van der Waals surface area contributed by atoms with Gasteiger partial charge in [-0.1, -0.05) is 18.2 Å². The number of benzene rings is 1. The van der Waals surface area contributed by atoms with E-state index in [1.165, 1.54) is 11.0 Å². The van der Waals surface area contributed by atoms with Crippen LogP contribution >= 0.6 is 12.4 Å². The van der Waals surface area contributed by atoms with Crippen LogP contribution in [-0.2, 0) is 17.9 Å². The number of carbonyl (C=O) groups excluding carboxylic acids is 1. The van der Waals surface area contributed by atoms with Crippen LogP contribution in [-0.4, -0.2) is 33.2 Å². The van der Waals surface area contributed by atoms with Crippen LogP contribution in [0.3, 0.4) is 0 Å². The number of aromatic nitrogens is 4. The molecular weight excluding hydrogens is 268 g/mol. The largest absolute Gasteiger partial charge is 0.324 e. The number of para-hydroxylation sites is 1. The number of halogens is 1. The molecule has 0 saturated heterocycles. The van der Waals surface area contributed by atoms with Crippen molar-refractivity contribution in [1.29, 1.82) is 0 Å². The summed E-state index contributed by atoms with van der Waals surface area (Å²) in [6.07, 6.45) is 1.40. The van der Waals surface area contributed by atoms with Crippen molar-refractivity contribution in [2.75, 3.05) is 12.4 Å². The van der Waals surface area contributed by atoms with Gasteiger partial charge in [-0.2, -0.15) is 0 Å². The number of rotatable bonds is 5. The highest BCUT2D eigenvalue weighted by atomic mass is 35.5. The molecule has 7 nitrogen and oxygen atoms in total. The lowest BCUT2D eigenvalue weighted by Crippen LogP contribution is -2.20. The maximum Gasteiger partial charge on any atom is 0.246 e. The lowest BCUT2D eigenvalue weighted by molar-refractivity contribution is -0.116. The van der Waals surface area contributed by atoms with Crippen LogP contribution < -0.4 is 10.6 Å². The smallest absolute Gasteiger partial charge is 0.246 e. The average molecular weight is 283 g/mol. The molecule has 2 aromatic rings. The van der Waals surface area contributed by atoms with Gasteiger partial charge in [0.25, 0.3) is 0 Å². The molecular formula is C11H15ClN6O. The van der Waals surface area contributed by atoms with Crippen LogP contribution in [0.25, 0.3) is 0 Å². The zero-order valence-corrected chi connectivity index (χ0v) is 11.2. The van der Waals surface area contributed by atoms with Gasteiger partial charge in [-0.25, -0.2) is 4.68 Å². The Morgan fingerprint density at radius 2 is 2.16 bits per heavy atom. The van der Waals surface area contributed by atoms with Crippen molar-refractivity contribution in [3.63, 3.8) is 0 Å². The van der Waals surface area contributed by atoms with Crippen molar-refractivity contribution in [1.82, 2.24) is 25.5 Å². The van der Waals surface area contributed by atoms with E-state index < -0.39 is 0 Å². The molecule has 0 aliphatic rings. The van der Waals surface area contributed by atoms with E-state index >= 15 is 0 Å². The van der Waals surface area contributed by atoms with Crippen LogP contribution in [0.2, 0.25) is 0 Å². The fourth-order valence-electron chi connectivity index (χ4n) is 1.58. The minimum Gasteiger partial charge on any atom is -0.324 e. The van der Waals surface area contributed by atoms with E-state index in [0.29, 0.717) is 6.54 Å². The summed E-state index contributed by atoms with van der Waals surface area (Å²) in [7, 11) is 1.86. The van der Waals surface area contributed by atoms with E-state index in [2.05, 4.69) is 26.2 Å². The molecule has 1 amide bonds. The highest BCUT2D eigenvalue weighted by Crippen LogP contribution is 2.14. The Balaban J connectivity index is 0.00000180. The van der Waals surface area contributed by atoms with Gasteiger partial charge in [0.15, 0.2) is 0 Å². The first-order chi connectivity index (χ1) is 8.79.